The van der Waals surface area contributed by atoms with Crippen LogP contribution in [0.1, 0.15) is 5.56 Å². The van der Waals surface area contributed by atoms with Crippen molar-refractivity contribution in [3.8, 4) is 0 Å². The van der Waals surface area contributed by atoms with Gasteiger partial charge in [-0.25, -0.2) is 0 Å². The van der Waals surface area contributed by atoms with Gasteiger partial charge in [0.1, 0.15) is 6.04 Å². The van der Waals surface area contributed by atoms with Gasteiger partial charge in [0.2, 0.25) is 0 Å². The minimum Gasteiger partial charge on any atom is -0.480 e. The van der Waals surface area contributed by atoms with Crippen LogP contribution in [0.3, 0.4) is 0 Å². The second kappa shape index (κ2) is 5.36. The van der Waals surface area contributed by atoms with E-state index in [9.17, 15) is 4.79 Å². The fourth-order valence-corrected chi connectivity index (χ4v) is 1.17. The Hall–Kier alpha value is -1.39. The summed E-state index contributed by atoms with van der Waals surface area (Å²) in [5, 5.41) is 8.82. The topological polar surface area (TPSA) is 58.6 Å². The van der Waals surface area contributed by atoms with Crippen molar-refractivity contribution in [2.75, 3.05) is 7.11 Å². The van der Waals surface area contributed by atoms with Crippen LogP contribution in [-0.4, -0.2) is 24.2 Å². The van der Waals surface area contributed by atoms with Crippen molar-refractivity contribution in [1.29, 1.82) is 0 Å². The van der Waals surface area contributed by atoms with Gasteiger partial charge in [-0.15, -0.1) is 0 Å². The fraction of sp³-hybridized carbons (Fsp3) is 0.300. The van der Waals surface area contributed by atoms with Crippen molar-refractivity contribution in [2.24, 2.45) is 0 Å². The maximum atomic E-state index is 10.8. The number of carboxylic acid groups (broad SMARTS) is 1. The molecule has 14 heavy (non-hydrogen) atoms. The molecule has 0 bridgehead atoms. The standard InChI is InChI=1S/C10H13NO3/c1-14-11-9(10(12)13)7-8-5-3-2-4-6-8/h2-6,9,11H,7H2,1H3,(H,12,13). The normalized spacial score (nSPS) is 12.4. The predicted octanol–water partition coefficient (Wildman–Crippen LogP) is 0.833. The highest BCUT2D eigenvalue weighted by atomic mass is 16.6. The molecule has 4 heteroatoms. The van der Waals surface area contributed by atoms with Crippen LogP contribution in [0.4, 0.5) is 0 Å². The van der Waals surface area contributed by atoms with E-state index in [2.05, 4.69) is 10.3 Å². The Labute approximate surface area is 82.5 Å². The maximum Gasteiger partial charge on any atom is 0.323 e. The van der Waals surface area contributed by atoms with E-state index >= 15 is 0 Å². The van der Waals surface area contributed by atoms with E-state index in [1.807, 2.05) is 30.3 Å². The van der Waals surface area contributed by atoms with Gasteiger partial charge in [-0.05, 0) is 5.56 Å². The summed E-state index contributed by atoms with van der Waals surface area (Å²) in [6.45, 7) is 0. The largest absolute Gasteiger partial charge is 0.480 e. The zero-order chi connectivity index (χ0) is 10.4. The molecule has 1 aromatic carbocycles. The minimum atomic E-state index is -0.921. The lowest BCUT2D eigenvalue weighted by atomic mass is 10.1. The highest BCUT2D eigenvalue weighted by molar-refractivity contribution is 5.73. The predicted molar refractivity (Wildman–Crippen MR) is 51.7 cm³/mol. The molecule has 76 valence electrons. The van der Waals surface area contributed by atoms with Gasteiger partial charge in [-0.1, -0.05) is 30.3 Å². The zero-order valence-corrected chi connectivity index (χ0v) is 7.93. The molecule has 1 unspecified atom stereocenters. The zero-order valence-electron chi connectivity index (χ0n) is 7.93. The molecular formula is C10H13NO3. The van der Waals surface area contributed by atoms with E-state index in [0.717, 1.165) is 5.56 Å². The average molecular weight is 195 g/mol. The van der Waals surface area contributed by atoms with Crippen molar-refractivity contribution < 1.29 is 14.7 Å². The monoisotopic (exact) mass is 195 g/mol. The Balaban J connectivity index is 2.60. The lowest BCUT2D eigenvalue weighted by Crippen LogP contribution is -2.37. The highest BCUT2D eigenvalue weighted by Gasteiger charge is 2.16. The van der Waals surface area contributed by atoms with Crippen LogP contribution in [0.25, 0.3) is 0 Å². The first-order chi connectivity index (χ1) is 6.74. The molecule has 0 aliphatic heterocycles. The van der Waals surface area contributed by atoms with Gasteiger partial charge in [-0.3, -0.25) is 4.79 Å². The average Bonchev–Trinajstić information content (AvgIpc) is 2.18. The van der Waals surface area contributed by atoms with E-state index in [1.54, 1.807) is 0 Å². The number of rotatable bonds is 5. The molecule has 0 radical (unpaired) electrons. The van der Waals surface area contributed by atoms with Gasteiger partial charge < -0.3 is 9.94 Å². The molecule has 0 aliphatic carbocycles. The molecule has 4 nitrogen and oxygen atoms in total. The third-order valence-corrected chi connectivity index (χ3v) is 1.84. The van der Waals surface area contributed by atoms with Crippen LogP contribution in [0.5, 0.6) is 0 Å². The Kier molecular flexibility index (Phi) is 4.10. The van der Waals surface area contributed by atoms with Gasteiger partial charge in [-0.2, -0.15) is 5.48 Å². The first kappa shape index (κ1) is 10.7. The summed E-state index contributed by atoms with van der Waals surface area (Å²) < 4.78 is 0. The molecule has 0 aliphatic rings. The van der Waals surface area contributed by atoms with Crippen LogP contribution < -0.4 is 5.48 Å². The summed E-state index contributed by atoms with van der Waals surface area (Å²) in [5.74, 6) is -0.921. The molecule has 1 rings (SSSR count). The smallest absolute Gasteiger partial charge is 0.323 e. The molecular weight excluding hydrogens is 182 g/mol. The van der Waals surface area contributed by atoms with Crippen LogP contribution in [0, 0.1) is 0 Å². The van der Waals surface area contributed by atoms with E-state index in [4.69, 9.17) is 5.11 Å². The lowest BCUT2D eigenvalue weighted by Gasteiger charge is -2.12. The Bertz CT molecular complexity index is 287. The molecule has 2 N–H and O–H groups in total. The number of aliphatic carboxylic acids is 1. The van der Waals surface area contributed by atoms with Crippen molar-refractivity contribution in [2.45, 2.75) is 12.5 Å². The highest BCUT2D eigenvalue weighted by Crippen LogP contribution is 2.03. The van der Waals surface area contributed by atoms with Crippen LogP contribution >= 0.6 is 0 Å². The third kappa shape index (κ3) is 3.16. The summed E-state index contributed by atoms with van der Waals surface area (Å²) in [6, 6.07) is 8.70. The number of benzene rings is 1. The van der Waals surface area contributed by atoms with Crippen molar-refractivity contribution in [1.82, 2.24) is 5.48 Å². The van der Waals surface area contributed by atoms with Gasteiger partial charge in [0.25, 0.3) is 0 Å². The first-order valence-corrected chi connectivity index (χ1v) is 4.29. The summed E-state index contributed by atoms with van der Waals surface area (Å²) in [7, 11) is 1.40. The van der Waals surface area contributed by atoms with Gasteiger partial charge in [0, 0.05) is 6.42 Å². The lowest BCUT2D eigenvalue weighted by molar-refractivity contribution is -0.143. The van der Waals surface area contributed by atoms with Crippen molar-refractivity contribution in [3.63, 3.8) is 0 Å². The molecule has 0 fully saturated rings. The Morgan fingerprint density at radius 1 is 1.50 bits per heavy atom. The van der Waals surface area contributed by atoms with Gasteiger partial charge in [0.15, 0.2) is 0 Å². The summed E-state index contributed by atoms with van der Waals surface area (Å²) in [4.78, 5) is 15.4. The van der Waals surface area contributed by atoms with Crippen molar-refractivity contribution in [3.05, 3.63) is 35.9 Å². The summed E-state index contributed by atoms with van der Waals surface area (Å²) >= 11 is 0. The molecule has 0 heterocycles. The van der Waals surface area contributed by atoms with Crippen LogP contribution in [0.15, 0.2) is 30.3 Å². The van der Waals surface area contributed by atoms with Gasteiger partial charge in [0.05, 0.1) is 7.11 Å². The van der Waals surface area contributed by atoms with Gasteiger partial charge >= 0.3 is 5.97 Å². The molecule has 0 spiro atoms. The second-order valence-electron chi connectivity index (χ2n) is 2.90. The maximum absolute atomic E-state index is 10.8. The SMILES string of the molecule is CONC(Cc1ccccc1)C(=O)O. The number of carbonyl (C=O) groups is 1. The first-order valence-electron chi connectivity index (χ1n) is 4.29. The molecule has 0 saturated heterocycles. The number of hydrogen-bond acceptors (Lipinski definition) is 3. The second-order valence-corrected chi connectivity index (χ2v) is 2.90. The third-order valence-electron chi connectivity index (χ3n) is 1.84. The number of carboxylic acids is 1. The number of hydroxylamine groups is 1. The minimum absolute atomic E-state index is 0.407. The van der Waals surface area contributed by atoms with E-state index in [-0.39, 0.29) is 0 Å². The molecule has 0 aromatic heterocycles. The molecule has 0 saturated carbocycles. The van der Waals surface area contributed by atoms with E-state index in [1.165, 1.54) is 7.11 Å². The van der Waals surface area contributed by atoms with E-state index < -0.39 is 12.0 Å². The van der Waals surface area contributed by atoms with Crippen LogP contribution in [0.2, 0.25) is 0 Å². The molecule has 1 atom stereocenters. The molecule has 1 aromatic rings. The van der Waals surface area contributed by atoms with Crippen molar-refractivity contribution >= 4 is 5.97 Å². The summed E-state index contributed by atoms with van der Waals surface area (Å²) in [5.41, 5.74) is 3.39. The molecule has 0 amide bonds. The quantitative estimate of drug-likeness (QED) is 0.683. The fourth-order valence-electron chi connectivity index (χ4n) is 1.17. The Morgan fingerprint density at radius 3 is 2.64 bits per heavy atom. The van der Waals surface area contributed by atoms with E-state index in [0.29, 0.717) is 6.42 Å². The number of nitrogens with one attached hydrogen (secondary N) is 1. The Morgan fingerprint density at radius 2 is 2.14 bits per heavy atom. The number of hydrogen-bond donors (Lipinski definition) is 2. The summed E-state index contributed by atoms with van der Waals surface area (Å²) in [6.07, 6.45) is 0.407. The van der Waals surface area contributed by atoms with Crippen LogP contribution in [-0.2, 0) is 16.1 Å².